The molecule has 1 fully saturated rings. The van der Waals surface area contributed by atoms with Crippen molar-refractivity contribution in [3.63, 3.8) is 0 Å². The van der Waals surface area contributed by atoms with E-state index < -0.39 is 5.60 Å². The van der Waals surface area contributed by atoms with Crippen LogP contribution < -0.4 is 0 Å². The fourth-order valence-corrected chi connectivity index (χ4v) is 2.13. The molecule has 1 amide bonds. The molecule has 1 aliphatic rings. The normalized spacial score (nSPS) is 15.2. The third-order valence-electron chi connectivity index (χ3n) is 3.24. The summed E-state index contributed by atoms with van der Waals surface area (Å²) in [7, 11) is 0. The number of rotatable bonds is 1. The van der Waals surface area contributed by atoms with Crippen LogP contribution in [0.1, 0.15) is 38.7 Å². The van der Waals surface area contributed by atoms with E-state index in [1.165, 1.54) is 6.42 Å². The van der Waals surface area contributed by atoms with Gasteiger partial charge in [0.2, 0.25) is 0 Å². The van der Waals surface area contributed by atoms with Crippen molar-refractivity contribution in [1.82, 2.24) is 4.90 Å². The number of amides is 1. The highest BCUT2D eigenvalue weighted by atomic mass is 16.6. The lowest BCUT2D eigenvalue weighted by atomic mass is 10.1. The van der Waals surface area contributed by atoms with Crippen LogP contribution in [0.15, 0.2) is 30.3 Å². The van der Waals surface area contributed by atoms with Crippen LogP contribution in [0.3, 0.4) is 0 Å². The van der Waals surface area contributed by atoms with E-state index in [-0.39, 0.29) is 6.09 Å². The summed E-state index contributed by atoms with van der Waals surface area (Å²) in [6.45, 7) is 5.23. The number of nitrogens with zero attached hydrogens (tertiary/aromatic N) is 1. The highest BCUT2D eigenvalue weighted by Crippen LogP contribution is 2.15. The average Bonchev–Trinajstić information content (AvgIpc) is 2.47. The molecule has 0 bridgehead atoms. The summed E-state index contributed by atoms with van der Waals surface area (Å²) in [5.41, 5.74) is 0.152. The first-order valence-electron chi connectivity index (χ1n) is 7.13. The molecule has 3 heteroatoms. The van der Waals surface area contributed by atoms with E-state index in [1.807, 2.05) is 44.2 Å². The maximum absolute atomic E-state index is 12.1. The third-order valence-corrected chi connectivity index (χ3v) is 3.24. The molecule has 0 saturated carbocycles. The first-order valence-corrected chi connectivity index (χ1v) is 7.13. The smallest absolute Gasteiger partial charge is 0.411 e. The molecule has 0 aliphatic carbocycles. The third kappa shape index (κ3) is 4.31. The topological polar surface area (TPSA) is 29.5 Å². The van der Waals surface area contributed by atoms with E-state index >= 15 is 0 Å². The second kappa shape index (κ2) is 6.47. The Morgan fingerprint density at radius 3 is 2.45 bits per heavy atom. The highest BCUT2D eigenvalue weighted by Gasteiger charge is 2.25. The first kappa shape index (κ1) is 14.5. The second-order valence-corrected chi connectivity index (χ2v) is 5.54. The molecule has 0 radical (unpaired) electrons. The Bertz CT molecular complexity index is 505. The summed E-state index contributed by atoms with van der Waals surface area (Å²) in [4.78, 5) is 13.8. The molecule has 0 spiro atoms. The van der Waals surface area contributed by atoms with Gasteiger partial charge in [-0.25, -0.2) is 4.79 Å². The maximum Gasteiger partial charge on any atom is 0.411 e. The van der Waals surface area contributed by atoms with Crippen LogP contribution in [0, 0.1) is 11.8 Å². The Morgan fingerprint density at radius 1 is 1.15 bits per heavy atom. The van der Waals surface area contributed by atoms with Crippen molar-refractivity contribution < 1.29 is 9.53 Å². The van der Waals surface area contributed by atoms with Gasteiger partial charge in [-0.3, -0.25) is 0 Å². The molecule has 3 nitrogen and oxygen atoms in total. The number of carbonyl (C=O) groups is 1. The summed E-state index contributed by atoms with van der Waals surface area (Å²) in [5.74, 6) is 6.07. The Labute approximate surface area is 120 Å². The molecular weight excluding hydrogens is 250 g/mol. The number of benzene rings is 1. The molecule has 20 heavy (non-hydrogen) atoms. The minimum absolute atomic E-state index is 0.253. The molecule has 0 unspecified atom stereocenters. The van der Waals surface area contributed by atoms with Crippen LogP contribution in [-0.4, -0.2) is 29.7 Å². The largest absolute Gasteiger partial charge is 0.430 e. The Morgan fingerprint density at radius 2 is 1.80 bits per heavy atom. The van der Waals surface area contributed by atoms with Crippen molar-refractivity contribution in [2.24, 2.45) is 0 Å². The van der Waals surface area contributed by atoms with E-state index in [0.717, 1.165) is 31.5 Å². The van der Waals surface area contributed by atoms with Crippen molar-refractivity contribution in [2.75, 3.05) is 13.1 Å². The standard InChI is InChI=1S/C17H21NO2/c1-17(2,12-11-15-9-5-3-6-10-15)20-16(19)18-13-7-4-8-14-18/h3,5-6,9-10H,4,7-8,13-14H2,1-2H3. The Balaban J connectivity index is 1.96. The maximum atomic E-state index is 12.1. The number of piperidine rings is 1. The van der Waals surface area contributed by atoms with Crippen molar-refractivity contribution in [2.45, 2.75) is 38.7 Å². The minimum atomic E-state index is -0.773. The molecule has 0 atom stereocenters. The number of hydrogen-bond donors (Lipinski definition) is 0. The van der Waals surface area contributed by atoms with Crippen molar-refractivity contribution >= 4 is 6.09 Å². The van der Waals surface area contributed by atoms with Gasteiger partial charge in [-0.15, -0.1) is 0 Å². The quantitative estimate of drug-likeness (QED) is 0.732. The molecule has 0 aromatic heterocycles. The number of hydrogen-bond acceptors (Lipinski definition) is 2. The number of ether oxygens (including phenoxy) is 1. The van der Waals surface area contributed by atoms with Gasteiger partial charge < -0.3 is 9.64 Å². The monoisotopic (exact) mass is 271 g/mol. The minimum Gasteiger partial charge on any atom is -0.430 e. The van der Waals surface area contributed by atoms with Gasteiger partial charge in [-0.2, -0.15) is 0 Å². The van der Waals surface area contributed by atoms with Gasteiger partial charge in [0.05, 0.1) is 0 Å². The predicted octanol–water partition coefficient (Wildman–Crippen LogP) is 3.44. The summed E-state index contributed by atoms with van der Waals surface area (Å²) >= 11 is 0. The van der Waals surface area contributed by atoms with Crippen LogP contribution in [0.4, 0.5) is 4.79 Å². The lowest BCUT2D eigenvalue weighted by Crippen LogP contribution is -2.40. The predicted molar refractivity (Wildman–Crippen MR) is 79.3 cm³/mol. The molecule has 2 rings (SSSR count). The van der Waals surface area contributed by atoms with Gasteiger partial charge in [0.1, 0.15) is 0 Å². The summed E-state index contributed by atoms with van der Waals surface area (Å²) in [6, 6.07) is 9.71. The fraction of sp³-hybridized carbons (Fsp3) is 0.471. The van der Waals surface area contributed by atoms with Crippen molar-refractivity contribution in [1.29, 1.82) is 0 Å². The fourth-order valence-electron chi connectivity index (χ4n) is 2.13. The van der Waals surface area contributed by atoms with Crippen molar-refractivity contribution in [3.05, 3.63) is 35.9 Å². The van der Waals surface area contributed by atoms with Gasteiger partial charge in [0.25, 0.3) is 0 Å². The lowest BCUT2D eigenvalue weighted by Gasteiger charge is -2.29. The zero-order chi connectivity index (χ0) is 14.4. The molecule has 1 heterocycles. The zero-order valence-electron chi connectivity index (χ0n) is 12.2. The van der Waals surface area contributed by atoms with Gasteiger partial charge in [-0.1, -0.05) is 30.0 Å². The SMILES string of the molecule is CC(C)(C#Cc1ccccc1)OC(=O)N1CCCCC1. The lowest BCUT2D eigenvalue weighted by molar-refractivity contribution is 0.0419. The zero-order valence-corrected chi connectivity index (χ0v) is 12.2. The number of carbonyl (C=O) groups excluding carboxylic acids is 1. The van der Waals surface area contributed by atoms with Gasteiger partial charge in [0, 0.05) is 18.7 Å². The second-order valence-electron chi connectivity index (χ2n) is 5.54. The summed E-state index contributed by atoms with van der Waals surface area (Å²) in [6.07, 6.45) is 3.06. The molecular formula is C17H21NO2. The molecule has 1 aliphatic heterocycles. The van der Waals surface area contributed by atoms with E-state index in [9.17, 15) is 4.79 Å². The molecule has 1 aromatic carbocycles. The van der Waals surface area contributed by atoms with Crippen LogP contribution in [0.2, 0.25) is 0 Å². The van der Waals surface area contributed by atoms with Crippen LogP contribution in [-0.2, 0) is 4.74 Å². The van der Waals surface area contributed by atoms with E-state index in [1.54, 1.807) is 4.90 Å². The molecule has 1 saturated heterocycles. The van der Waals surface area contributed by atoms with Crippen LogP contribution in [0.5, 0.6) is 0 Å². The molecule has 1 aromatic rings. The molecule has 0 N–H and O–H groups in total. The van der Waals surface area contributed by atoms with E-state index in [0.29, 0.717) is 0 Å². The summed E-state index contributed by atoms with van der Waals surface area (Å²) in [5, 5.41) is 0. The van der Waals surface area contributed by atoms with Crippen molar-refractivity contribution in [3.8, 4) is 11.8 Å². The van der Waals surface area contributed by atoms with Gasteiger partial charge >= 0.3 is 6.09 Å². The average molecular weight is 271 g/mol. The Hall–Kier alpha value is -1.95. The highest BCUT2D eigenvalue weighted by molar-refractivity contribution is 5.68. The van der Waals surface area contributed by atoms with Crippen LogP contribution >= 0.6 is 0 Å². The Kier molecular flexibility index (Phi) is 4.68. The van der Waals surface area contributed by atoms with Gasteiger partial charge in [0.15, 0.2) is 5.60 Å². The van der Waals surface area contributed by atoms with E-state index in [2.05, 4.69) is 11.8 Å². The van der Waals surface area contributed by atoms with Gasteiger partial charge in [-0.05, 0) is 45.2 Å². The molecule has 106 valence electrons. The number of likely N-dealkylation sites (tertiary alicyclic amines) is 1. The van der Waals surface area contributed by atoms with E-state index in [4.69, 9.17) is 4.74 Å². The van der Waals surface area contributed by atoms with Crippen LogP contribution in [0.25, 0.3) is 0 Å². The summed E-state index contributed by atoms with van der Waals surface area (Å²) < 4.78 is 5.51. The first-order chi connectivity index (χ1) is 9.57.